The summed E-state index contributed by atoms with van der Waals surface area (Å²) in [6, 6.07) is 7.37. The van der Waals surface area contributed by atoms with Gasteiger partial charge >= 0.3 is 5.97 Å². The van der Waals surface area contributed by atoms with Crippen LogP contribution in [0.1, 0.15) is 42.4 Å². The topological polar surface area (TPSA) is 46.5 Å². The zero-order chi connectivity index (χ0) is 18.9. The van der Waals surface area contributed by atoms with Crippen molar-refractivity contribution in [3.63, 3.8) is 0 Å². The summed E-state index contributed by atoms with van der Waals surface area (Å²) in [6.45, 7) is 6.73. The number of ether oxygens (including phenoxy) is 1. The van der Waals surface area contributed by atoms with Gasteiger partial charge in [-0.2, -0.15) is 0 Å². The van der Waals surface area contributed by atoms with Gasteiger partial charge in [0.2, 0.25) is 5.60 Å². The van der Waals surface area contributed by atoms with Crippen molar-refractivity contribution >= 4 is 28.6 Å². The molecule has 0 amide bonds. The van der Waals surface area contributed by atoms with E-state index >= 15 is 0 Å². The van der Waals surface area contributed by atoms with Gasteiger partial charge in [0.15, 0.2) is 6.10 Å². The molecule has 0 spiro atoms. The highest BCUT2D eigenvalue weighted by molar-refractivity contribution is 7.12. The molecule has 3 saturated heterocycles. The Labute approximate surface area is 185 Å². The molecule has 154 valence electrons. The Bertz CT molecular complexity index is 720. The molecule has 0 aliphatic carbocycles. The minimum Gasteiger partial charge on any atom is -1.00 e. The number of carbonyl (C=O) groups excluding carboxylic acids is 1. The van der Waals surface area contributed by atoms with Crippen LogP contribution < -0.4 is 17.0 Å². The second kappa shape index (κ2) is 8.96. The second-order valence-corrected chi connectivity index (χ2v) is 9.89. The van der Waals surface area contributed by atoms with E-state index in [1.54, 1.807) is 0 Å². The molecule has 5 heterocycles. The molecule has 0 aromatic carbocycles. The smallest absolute Gasteiger partial charge is 0.349 e. The van der Waals surface area contributed by atoms with Crippen LogP contribution in [-0.2, 0) is 15.1 Å². The van der Waals surface area contributed by atoms with E-state index in [2.05, 4.69) is 6.92 Å². The van der Waals surface area contributed by atoms with E-state index in [1.807, 2.05) is 35.0 Å². The number of halogens is 1. The first-order valence-corrected chi connectivity index (χ1v) is 11.7. The lowest BCUT2D eigenvalue weighted by Gasteiger charge is -2.52. The number of piperidine rings is 3. The van der Waals surface area contributed by atoms with E-state index in [9.17, 15) is 9.90 Å². The Balaban J connectivity index is 0.00000225. The Morgan fingerprint density at radius 3 is 2.32 bits per heavy atom. The molecular formula is C21H28BrNO3S2. The maximum absolute atomic E-state index is 13.3. The first kappa shape index (κ1) is 22.0. The Morgan fingerprint density at radius 2 is 1.82 bits per heavy atom. The third-order valence-electron chi connectivity index (χ3n) is 6.34. The van der Waals surface area contributed by atoms with Gasteiger partial charge in [0.1, 0.15) is 6.54 Å². The lowest BCUT2D eigenvalue weighted by molar-refractivity contribution is -0.946. The van der Waals surface area contributed by atoms with Crippen molar-refractivity contribution in [2.45, 2.75) is 44.3 Å². The van der Waals surface area contributed by atoms with Crippen LogP contribution >= 0.6 is 22.7 Å². The van der Waals surface area contributed by atoms with E-state index in [-0.39, 0.29) is 23.1 Å². The minimum atomic E-state index is -1.69. The molecule has 1 N–H and O–H groups in total. The molecule has 2 aromatic heterocycles. The number of aliphatic hydroxyl groups is 1. The summed E-state index contributed by atoms with van der Waals surface area (Å²) in [6.07, 6.45) is 4.59. The first-order valence-electron chi connectivity index (χ1n) is 9.94. The van der Waals surface area contributed by atoms with Gasteiger partial charge in [0.05, 0.1) is 29.4 Å². The summed E-state index contributed by atoms with van der Waals surface area (Å²) in [5, 5.41) is 15.2. The fourth-order valence-electron chi connectivity index (χ4n) is 4.68. The normalized spacial score (nSPS) is 26.6. The highest BCUT2D eigenvalue weighted by atomic mass is 79.9. The molecule has 4 nitrogen and oxygen atoms in total. The maximum atomic E-state index is 13.3. The van der Waals surface area contributed by atoms with Gasteiger partial charge in [-0.1, -0.05) is 25.5 Å². The summed E-state index contributed by atoms with van der Waals surface area (Å²) in [4.78, 5) is 14.5. The Morgan fingerprint density at radius 1 is 1.21 bits per heavy atom. The molecule has 2 bridgehead atoms. The number of quaternary nitrogens is 1. The average molecular weight is 486 g/mol. The van der Waals surface area contributed by atoms with Crippen molar-refractivity contribution in [2.75, 3.05) is 26.2 Å². The summed E-state index contributed by atoms with van der Waals surface area (Å²) < 4.78 is 7.13. The number of carbonyl (C=O) groups is 1. The van der Waals surface area contributed by atoms with Crippen LogP contribution in [0.3, 0.4) is 0 Å². The van der Waals surface area contributed by atoms with E-state index in [0.717, 1.165) is 23.9 Å². The lowest BCUT2D eigenvalue weighted by atomic mass is 9.83. The van der Waals surface area contributed by atoms with Crippen molar-refractivity contribution in [2.24, 2.45) is 5.92 Å². The molecule has 3 aliphatic rings. The standard InChI is InChI=1S/C21H28NO3S2.BrH/c1-2-3-10-22-11-8-16(9-12-22)17(15-22)25-20(23)21(24,18-6-4-13-26-18)19-7-5-14-27-19;/h4-7,13-14,16-17,24H,2-3,8-12,15H2,1H3;1H/q+1;/p-1/t16?,17-,22?;/m0./s1. The van der Waals surface area contributed by atoms with Crippen LogP contribution in [0.5, 0.6) is 0 Å². The van der Waals surface area contributed by atoms with Crippen LogP contribution in [0.4, 0.5) is 0 Å². The van der Waals surface area contributed by atoms with Gasteiger partial charge in [0, 0.05) is 18.8 Å². The monoisotopic (exact) mass is 485 g/mol. The zero-order valence-electron chi connectivity index (χ0n) is 16.2. The van der Waals surface area contributed by atoms with Crippen LogP contribution in [0, 0.1) is 5.92 Å². The fraction of sp³-hybridized carbons (Fsp3) is 0.571. The largest absolute Gasteiger partial charge is 1.00 e. The number of hydrogen-bond acceptors (Lipinski definition) is 5. The number of rotatable bonds is 7. The zero-order valence-corrected chi connectivity index (χ0v) is 19.4. The molecule has 3 aliphatic heterocycles. The molecule has 0 unspecified atom stereocenters. The van der Waals surface area contributed by atoms with E-state index < -0.39 is 11.6 Å². The maximum Gasteiger partial charge on any atom is 0.349 e. The summed E-state index contributed by atoms with van der Waals surface area (Å²) in [5.74, 6) is -0.0775. The number of nitrogens with zero attached hydrogens (tertiary/aromatic N) is 1. The van der Waals surface area contributed by atoms with Gasteiger partial charge in [-0.15, -0.1) is 22.7 Å². The molecule has 5 rings (SSSR count). The highest BCUT2D eigenvalue weighted by Gasteiger charge is 2.50. The van der Waals surface area contributed by atoms with Crippen molar-refractivity contribution in [3.05, 3.63) is 44.8 Å². The molecule has 2 aromatic rings. The number of fused-ring (bicyclic) bond motifs is 3. The quantitative estimate of drug-likeness (QED) is 0.470. The molecule has 3 fully saturated rings. The lowest BCUT2D eigenvalue weighted by Crippen LogP contribution is -3.00. The summed E-state index contributed by atoms with van der Waals surface area (Å²) in [5.41, 5.74) is -1.69. The third kappa shape index (κ3) is 3.97. The van der Waals surface area contributed by atoms with Crippen molar-refractivity contribution < 1.29 is 36.1 Å². The predicted octanol–water partition coefficient (Wildman–Crippen LogP) is 1.00. The van der Waals surface area contributed by atoms with Crippen LogP contribution in [0.25, 0.3) is 0 Å². The Kier molecular flexibility index (Phi) is 7.03. The Hall–Kier alpha value is -0.730. The molecular weight excluding hydrogens is 458 g/mol. The van der Waals surface area contributed by atoms with Crippen LogP contribution in [0.2, 0.25) is 0 Å². The summed E-state index contributed by atoms with van der Waals surface area (Å²) >= 11 is 2.79. The minimum absolute atomic E-state index is 0. The van der Waals surface area contributed by atoms with Crippen molar-refractivity contribution in [1.82, 2.24) is 0 Å². The van der Waals surface area contributed by atoms with Gasteiger partial charge < -0.3 is 31.3 Å². The third-order valence-corrected chi connectivity index (χ3v) is 8.29. The molecule has 0 saturated carbocycles. The van der Waals surface area contributed by atoms with Crippen molar-refractivity contribution in [3.8, 4) is 0 Å². The highest BCUT2D eigenvalue weighted by Crippen LogP contribution is 2.40. The first-order chi connectivity index (χ1) is 13.1. The average Bonchev–Trinajstić information content (AvgIpc) is 3.41. The predicted molar refractivity (Wildman–Crippen MR) is 109 cm³/mol. The fourth-order valence-corrected chi connectivity index (χ4v) is 6.39. The van der Waals surface area contributed by atoms with E-state index in [0.29, 0.717) is 15.7 Å². The SMILES string of the molecule is CCCC[N+]12CCC(CC1)[C@@H](OC(=O)C(O)(c1cccs1)c1cccs1)C2.[Br-]. The van der Waals surface area contributed by atoms with Gasteiger partial charge in [-0.05, 0) is 29.3 Å². The molecule has 28 heavy (non-hydrogen) atoms. The second-order valence-electron chi connectivity index (χ2n) is 7.99. The molecule has 1 atom stereocenters. The number of thiophene rings is 2. The number of hydrogen-bond donors (Lipinski definition) is 1. The molecule has 7 heteroatoms. The van der Waals surface area contributed by atoms with Gasteiger partial charge in [-0.3, -0.25) is 0 Å². The molecule has 0 radical (unpaired) electrons. The summed E-state index contributed by atoms with van der Waals surface area (Å²) in [7, 11) is 0. The van der Waals surface area contributed by atoms with Gasteiger partial charge in [0.25, 0.3) is 0 Å². The number of unbranched alkanes of at least 4 members (excludes halogenated alkanes) is 1. The van der Waals surface area contributed by atoms with Crippen LogP contribution in [-0.4, -0.2) is 47.8 Å². The number of esters is 1. The van der Waals surface area contributed by atoms with Crippen molar-refractivity contribution in [1.29, 1.82) is 0 Å². The van der Waals surface area contributed by atoms with E-state index in [4.69, 9.17) is 4.74 Å². The van der Waals surface area contributed by atoms with Gasteiger partial charge in [-0.25, -0.2) is 4.79 Å². The van der Waals surface area contributed by atoms with Crippen LogP contribution in [0.15, 0.2) is 35.0 Å². The van der Waals surface area contributed by atoms with E-state index in [1.165, 1.54) is 55.1 Å².